The van der Waals surface area contributed by atoms with Crippen molar-refractivity contribution in [2.75, 3.05) is 7.11 Å². The summed E-state index contributed by atoms with van der Waals surface area (Å²) in [6.45, 7) is 14.7. The van der Waals surface area contributed by atoms with E-state index in [1.165, 1.54) is 12.7 Å². The van der Waals surface area contributed by atoms with Crippen molar-refractivity contribution in [1.29, 1.82) is 0 Å². The van der Waals surface area contributed by atoms with E-state index in [1.807, 2.05) is 17.5 Å². The van der Waals surface area contributed by atoms with E-state index in [2.05, 4.69) is 65.8 Å². The van der Waals surface area contributed by atoms with Gasteiger partial charge in [-0.05, 0) is 19.8 Å². The summed E-state index contributed by atoms with van der Waals surface area (Å²) in [6, 6.07) is 10.4. The number of aryl methyl sites for hydroxylation is 2. The fourth-order valence-electron chi connectivity index (χ4n) is 3.86. The van der Waals surface area contributed by atoms with Crippen molar-refractivity contribution in [3.8, 4) is 11.3 Å². The van der Waals surface area contributed by atoms with Crippen LogP contribution in [0.5, 0.6) is 0 Å². The van der Waals surface area contributed by atoms with Crippen LogP contribution in [0.25, 0.3) is 16.9 Å². The predicted octanol–water partition coefficient (Wildman–Crippen LogP) is 5.61. The van der Waals surface area contributed by atoms with Gasteiger partial charge in [-0.25, -0.2) is 9.50 Å². The number of hydrogen-bond acceptors (Lipinski definition) is 4. The maximum atomic E-state index is 12.9. The lowest BCUT2D eigenvalue weighted by molar-refractivity contribution is -0.143. The number of hydrogen-bond donors (Lipinski definition) is 0. The molecule has 3 aromatic rings. The zero-order chi connectivity index (χ0) is 22.2. The van der Waals surface area contributed by atoms with Gasteiger partial charge in [0.15, 0.2) is 5.65 Å². The van der Waals surface area contributed by atoms with Crippen LogP contribution in [0.15, 0.2) is 30.3 Å². The summed E-state index contributed by atoms with van der Waals surface area (Å²) in [5.41, 5.74) is 6.53. The van der Waals surface area contributed by atoms with E-state index in [4.69, 9.17) is 14.8 Å². The van der Waals surface area contributed by atoms with Gasteiger partial charge in [0, 0.05) is 28.3 Å². The molecule has 0 radical (unpaired) electrons. The molecule has 0 amide bonds. The number of aromatic nitrogens is 3. The maximum Gasteiger partial charge on any atom is 0.313 e. The molecule has 0 saturated carbocycles. The Hall–Kier alpha value is -2.69. The zero-order valence-corrected chi connectivity index (χ0v) is 19.4. The largest absolute Gasteiger partial charge is 0.469 e. The van der Waals surface area contributed by atoms with Crippen molar-refractivity contribution in [1.82, 2.24) is 14.6 Å². The monoisotopic (exact) mass is 407 g/mol. The Balaban J connectivity index is 2.43. The highest BCUT2D eigenvalue weighted by Gasteiger charge is 2.33. The van der Waals surface area contributed by atoms with Gasteiger partial charge in [0.05, 0.1) is 24.4 Å². The lowest BCUT2D eigenvalue weighted by Gasteiger charge is -2.25. The molecule has 0 aliphatic rings. The highest BCUT2D eigenvalue weighted by Crippen LogP contribution is 2.38. The molecule has 30 heavy (non-hydrogen) atoms. The third kappa shape index (κ3) is 3.98. The van der Waals surface area contributed by atoms with Gasteiger partial charge in [-0.2, -0.15) is 5.10 Å². The van der Waals surface area contributed by atoms with Gasteiger partial charge < -0.3 is 4.74 Å². The van der Waals surface area contributed by atoms with Crippen molar-refractivity contribution < 1.29 is 9.53 Å². The van der Waals surface area contributed by atoms with Crippen molar-refractivity contribution >= 4 is 11.6 Å². The number of rotatable bonds is 5. The molecule has 2 unspecified atom stereocenters. The Labute approximate surface area is 179 Å². The van der Waals surface area contributed by atoms with Gasteiger partial charge in [0.2, 0.25) is 0 Å². The van der Waals surface area contributed by atoms with Crippen molar-refractivity contribution in [3.05, 3.63) is 52.8 Å². The second kappa shape index (κ2) is 8.21. The first kappa shape index (κ1) is 22.0. The fraction of sp³-hybridized carbons (Fsp3) is 0.480. The summed E-state index contributed by atoms with van der Waals surface area (Å²) in [5.74, 6) is -0.530. The number of benzene rings is 1. The van der Waals surface area contributed by atoms with E-state index in [1.54, 1.807) is 0 Å². The van der Waals surface area contributed by atoms with Gasteiger partial charge >= 0.3 is 5.97 Å². The van der Waals surface area contributed by atoms with Crippen LogP contribution in [0.1, 0.15) is 69.5 Å². The number of nitrogens with zero attached hydrogens (tertiary/aromatic N) is 3. The molecule has 0 bridgehead atoms. The average Bonchev–Trinajstić information content (AvgIpc) is 3.12. The Morgan fingerprint density at radius 2 is 1.80 bits per heavy atom. The zero-order valence-electron chi connectivity index (χ0n) is 19.4. The van der Waals surface area contributed by atoms with Crippen LogP contribution in [0.2, 0.25) is 0 Å². The Morgan fingerprint density at radius 3 is 2.33 bits per heavy atom. The smallest absolute Gasteiger partial charge is 0.313 e. The molecular weight excluding hydrogens is 374 g/mol. The summed E-state index contributed by atoms with van der Waals surface area (Å²) < 4.78 is 7.14. The van der Waals surface area contributed by atoms with Crippen LogP contribution < -0.4 is 0 Å². The summed E-state index contributed by atoms with van der Waals surface area (Å²) in [6.07, 6.45) is 0.858. The first-order valence-electron chi connectivity index (χ1n) is 10.6. The normalized spacial score (nSPS) is 14.0. The molecule has 1 aromatic carbocycles. The van der Waals surface area contributed by atoms with Gasteiger partial charge in [-0.15, -0.1) is 0 Å². The molecule has 0 fully saturated rings. The maximum absolute atomic E-state index is 12.9. The fourth-order valence-corrected chi connectivity index (χ4v) is 3.86. The molecule has 0 N–H and O–H groups in total. The first-order valence-corrected chi connectivity index (χ1v) is 10.6. The summed E-state index contributed by atoms with van der Waals surface area (Å²) in [5, 5.41) is 4.94. The topological polar surface area (TPSA) is 56.5 Å². The summed E-state index contributed by atoms with van der Waals surface area (Å²) in [7, 11) is 1.45. The van der Waals surface area contributed by atoms with Crippen LogP contribution in [-0.4, -0.2) is 27.7 Å². The minimum atomic E-state index is -0.407. The van der Waals surface area contributed by atoms with Crippen molar-refractivity contribution in [3.63, 3.8) is 0 Å². The van der Waals surface area contributed by atoms with E-state index >= 15 is 0 Å². The predicted molar refractivity (Wildman–Crippen MR) is 121 cm³/mol. The molecule has 3 rings (SSSR count). The molecule has 0 spiro atoms. The highest BCUT2D eigenvalue weighted by atomic mass is 16.5. The SMILES string of the molecule is CCC(C)C(C(=O)OC)c1c(C)nc2cc(C(C)(C)C)nn2c1-c1ccc(C)cc1. The van der Waals surface area contributed by atoms with Gasteiger partial charge in [0.25, 0.3) is 0 Å². The van der Waals surface area contributed by atoms with E-state index in [-0.39, 0.29) is 17.3 Å². The quantitative estimate of drug-likeness (QED) is 0.516. The number of ether oxygens (including phenoxy) is 1. The van der Waals surface area contributed by atoms with E-state index in [0.29, 0.717) is 0 Å². The Kier molecular flexibility index (Phi) is 6.02. The van der Waals surface area contributed by atoms with Crippen LogP contribution in [0, 0.1) is 19.8 Å². The van der Waals surface area contributed by atoms with Crippen LogP contribution in [0.4, 0.5) is 0 Å². The lowest BCUT2D eigenvalue weighted by atomic mass is 9.82. The molecule has 5 heteroatoms. The number of carbonyl (C=O) groups is 1. The van der Waals surface area contributed by atoms with E-state index in [9.17, 15) is 4.79 Å². The molecule has 2 heterocycles. The van der Waals surface area contributed by atoms with Crippen molar-refractivity contribution in [2.45, 2.75) is 66.2 Å². The van der Waals surface area contributed by atoms with Crippen LogP contribution in [0.3, 0.4) is 0 Å². The van der Waals surface area contributed by atoms with E-state index < -0.39 is 5.92 Å². The van der Waals surface area contributed by atoms with Gasteiger partial charge in [0.1, 0.15) is 0 Å². The molecule has 0 aliphatic heterocycles. The molecule has 2 atom stereocenters. The Bertz CT molecular complexity index is 1060. The average molecular weight is 408 g/mol. The van der Waals surface area contributed by atoms with Gasteiger partial charge in [-0.3, -0.25) is 4.79 Å². The standard InChI is InChI=1S/C25H33N3O2/c1-9-16(3)21(24(29)30-8)22-17(4)26-20-14-19(25(5,6)7)27-28(20)23(22)18-12-10-15(2)11-13-18/h10-14,16,21H,9H2,1-8H3. The second-order valence-corrected chi connectivity index (χ2v) is 9.26. The van der Waals surface area contributed by atoms with E-state index in [0.717, 1.165) is 40.3 Å². The molecule has 2 aromatic heterocycles. The minimum Gasteiger partial charge on any atom is -0.469 e. The van der Waals surface area contributed by atoms with Gasteiger partial charge in [-0.1, -0.05) is 70.9 Å². The van der Waals surface area contributed by atoms with Crippen molar-refractivity contribution in [2.24, 2.45) is 5.92 Å². The minimum absolute atomic E-state index is 0.106. The number of fused-ring (bicyclic) bond motifs is 1. The molecule has 0 aliphatic carbocycles. The van der Waals surface area contributed by atoms with Crippen LogP contribution in [-0.2, 0) is 14.9 Å². The molecule has 0 saturated heterocycles. The van der Waals surface area contributed by atoms with Crippen LogP contribution >= 0.6 is 0 Å². The summed E-state index contributed by atoms with van der Waals surface area (Å²) >= 11 is 0. The summed E-state index contributed by atoms with van der Waals surface area (Å²) in [4.78, 5) is 17.8. The highest BCUT2D eigenvalue weighted by molar-refractivity contribution is 5.83. The third-order valence-electron chi connectivity index (χ3n) is 5.90. The number of methoxy groups -OCH3 is 1. The first-order chi connectivity index (χ1) is 14.1. The molecule has 5 nitrogen and oxygen atoms in total. The number of esters is 1. The number of carbonyl (C=O) groups excluding carboxylic acids is 1. The third-order valence-corrected chi connectivity index (χ3v) is 5.90. The molecule has 160 valence electrons. The lowest BCUT2D eigenvalue weighted by Crippen LogP contribution is -2.24. The second-order valence-electron chi connectivity index (χ2n) is 9.26. The molecular formula is C25H33N3O2. The Morgan fingerprint density at radius 1 is 1.17 bits per heavy atom.